The molecule has 0 aromatic heterocycles. The largest absolute Gasteiger partial charge is 0.494 e. The van der Waals surface area contributed by atoms with E-state index in [0.717, 1.165) is 11.1 Å². The molecule has 0 aliphatic carbocycles. The molecule has 0 atom stereocenters. The number of amides is 2. The lowest BCUT2D eigenvalue weighted by molar-refractivity contribution is -0.120. The van der Waals surface area contributed by atoms with Gasteiger partial charge in [0.05, 0.1) is 17.9 Å². The van der Waals surface area contributed by atoms with Crippen LogP contribution in [0.3, 0.4) is 0 Å². The fraction of sp³-hybridized carbons (Fsp3) is 0.154. The average Bonchev–Trinajstić information content (AvgIpc) is 2.98. The molecule has 5 heteroatoms. The summed E-state index contributed by atoms with van der Waals surface area (Å²) in [6.45, 7) is 6.35. The third-order valence-corrected chi connectivity index (χ3v) is 5.03. The molecule has 0 saturated carbocycles. The van der Waals surface area contributed by atoms with Gasteiger partial charge in [-0.2, -0.15) is 0 Å². The molecule has 1 heterocycles. The van der Waals surface area contributed by atoms with Gasteiger partial charge in [-0.05, 0) is 61.7 Å². The molecular formula is C26H24N2O3. The summed E-state index contributed by atoms with van der Waals surface area (Å²) in [7, 11) is 0. The molecular weight excluding hydrogens is 388 g/mol. The Kier molecular flexibility index (Phi) is 5.58. The van der Waals surface area contributed by atoms with Crippen LogP contribution in [-0.2, 0) is 9.59 Å². The minimum Gasteiger partial charge on any atom is -0.494 e. The first-order chi connectivity index (χ1) is 15.0. The van der Waals surface area contributed by atoms with E-state index in [0.29, 0.717) is 34.9 Å². The Balaban J connectivity index is 1.80. The van der Waals surface area contributed by atoms with Crippen molar-refractivity contribution in [2.45, 2.75) is 20.8 Å². The first-order valence-electron chi connectivity index (χ1n) is 10.2. The number of benzene rings is 3. The van der Waals surface area contributed by atoms with Gasteiger partial charge in [-0.1, -0.05) is 42.5 Å². The van der Waals surface area contributed by atoms with Crippen LogP contribution in [0.1, 0.15) is 23.6 Å². The van der Waals surface area contributed by atoms with Crippen molar-refractivity contribution in [3.05, 3.63) is 95.2 Å². The summed E-state index contributed by atoms with van der Waals surface area (Å²) in [4.78, 5) is 28.2. The maximum absolute atomic E-state index is 13.5. The van der Waals surface area contributed by atoms with Gasteiger partial charge in [-0.25, -0.2) is 4.90 Å². The number of carbonyl (C=O) groups is 2. The minimum atomic E-state index is -0.379. The molecule has 0 unspecified atom stereocenters. The Bertz CT molecular complexity index is 1160. The zero-order valence-corrected chi connectivity index (χ0v) is 17.8. The van der Waals surface area contributed by atoms with Crippen molar-refractivity contribution >= 4 is 28.8 Å². The number of hydrogen-bond donors (Lipinski definition) is 1. The molecule has 3 aromatic rings. The van der Waals surface area contributed by atoms with Crippen LogP contribution in [0.25, 0.3) is 5.57 Å². The number of rotatable bonds is 6. The molecule has 1 aliphatic heterocycles. The second-order valence-corrected chi connectivity index (χ2v) is 7.49. The van der Waals surface area contributed by atoms with E-state index in [2.05, 4.69) is 5.32 Å². The minimum absolute atomic E-state index is 0.254. The summed E-state index contributed by atoms with van der Waals surface area (Å²) in [6.07, 6.45) is 0. The summed E-state index contributed by atoms with van der Waals surface area (Å²) < 4.78 is 5.57. The SMILES string of the molecule is CCOc1cccc(NC2=C(c3ccccc3)C(=O)N(c3cc(C)cc(C)c3)C2=O)c1. The van der Waals surface area contributed by atoms with E-state index in [4.69, 9.17) is 4.74 Å². The predicted octanol–water partition coefficient (Wildman–Crippen LogP) is 5.10. The van der Waals surface area contributed by atoms with E-state index >= 15 is 0 Å². The standard InChI is InChI=1S/C26H24N2O3/c1-4-31-22-12-8-11-20(16-22)27-24-23(19-9-6-5-7-10-19)25(29)28(26(24)30)21-14-17(2)13-18(3)15-21/h5-16,27H,4H2,1-3H3. The summed E-state index contributed by atoms with van der Waals surface area (Å²) >= 11 is 0. The van der Waals surface area contributed by atoms with Gasteiger partial charge in [-0.3, -0.25) is 9.59 Å². The van der Waals surface area contributed by atoms with Gasteiger partial charge in [0.1, 0.15) is 11.4 Å². The maximum atomic E-state index is 13.5. The van der Waals surface area contributed by atoms with Crippen molar-refractivity contribution in [2.24, 2.45) is 0 Å². The number of ether oxygens (including phenoxy) is 1. The summed E-state index contributed by atoms with van der Waals surface area (Å²) in [5.41, 5.74) is 4.52. The van der Waals surface area contributed by atoms with Gasteiger partial charge in [0.25, 0.3) is 11.8 Å². The Hall–Kier alpha value is -3.86. The Morgan fingerprint density at radius 1 is 0.839 bits per heavy atom. The van der Waals surface area contributed by atoms with Gasteiger partial charge in [0, 0.05) is 11.8 Å². The first kappa shape index (κ1) is 20.4. The van der Waals surface area contributed by atoms with Crippen LogP contribution >= 0.6 is 0 Å². The number of carbonyl (C=O) groups excluding carboxylic acids is 2. The number of imide groups is 1. The molecule has 0 saturated heterocycles. The summed E-state index contributed by atoms with van der Waals surface area (Å²) in [5, 5.41) is 3.18. The number of aryl methyl sites for hydroxylation is 2. The van der Waals surface area contributed by atoms with Crippen molar-refractivity contribution < 1.29 is 14.3 Å². The third kappa shape index (κ3) is 4.08. The van der Waals surface area contributed by atoms with E-state index in [9.17, 15) is 9.59 Å². The highest BCUT2D eigenvalue weighted by Crippen LogP contribution is 2.34. The van der Waals surface area contributed by atoms with Crippen molar-refractivity contribution in [2.75, 3.05) is 16.8 Å². The molecule has 31 heavy (non-hydrogen) atoms. The van der Waals surface area contributed by atoms with Crippen LogP contribution < -0.4 is 15.0 Å². The smallest absolute Gasteiger partial charge is 0.282 e. The fourth-order valence-corrected chi connectivity index (χ4v) is 3.81. The lowest BCUT2D eigenvalue weighted by Crippen LogP contribution is -2.32. The summed E-state index contributed by atoms with van der Waals surface area (Å²) in [6, 6.07) is 22.3. The molecule has 156 valence electrons. The van der Waals surface area contributed by atoms with Gasteiger partial charge in [0.2, 0.25) is 0 Å². The van der Waals surface area contributed by atoms with Crippen LogP contribution in [0.4, 0.5) is 11.4 Å². The molecule has 1 N–H and O–H groups in total. The number of nitrogens with one attached hydrogen (secondary N) is 1. The number of hydrogen-bond acceptors (Lipinski definition) is 4. The first-order valence-corrected chi connectivity index (χ1v) is 10.2. The lowest BCUT2D eigenvalue weighted by Gasteiger charge is -2.17. The summed E-state index contributed by atoms with van der Waals surface area (Å²) in [5.74, 6) is -0.0300. The second kappa shape index (κ2) is 8.48. The van der Waals surface area contributed by atoms with Crippen molar-refractivity contribution in [3.8, 4) is 5.75 Å². The van der Waals surface area contributed by atoms with E-state index in [-0.39, 0.29) is 17.5 Å². The fourth-order valence-electron chi connectivity index (χ4n) is 3.81. The van der Waals surface area contributed by atoms with E-state index in [1.807, 2.05) is 93.6 Å². The van der Waals surface area contributed by atoms with Crippen LogP contribution in [0.15, 0.2) is 78.5 Å². The van der Waals surface area contributed by atoms with Gasteiger partial charge in [0.15, 0.2) is 0 Å². The van der Waals surface area contributed by atoms with E-state index in [1.165, 1.54) is 4.90 Å². The zero-order chi connectivity index (χ0) is 22.0. The molecule has 5 nitrogen and oxygen atoms in total. The topological polar surface area (TPSA) is 58.6 Å². The van der Waals surface area contributed by atoms with Crippen LogP contribution in [0, 0.1) is 13.8 Å². The lowest BCUT2D eigenvalue weighted by atomic mass is 10.0. The van der Waals surface area contributed by atoms with Crippen LogP contribution in [-0.4, -0.2) is 18.4 Å². The maximum Gasteiger partial charge on any atom is 0.282 e. The molecule has 2 amide bonds. The second-order valence-electron chi connectivity index (χ2n) is 7.49. The quantitative estimate of drug-likeness (QED) is 0.573. The molecule has 1 aliphatic rings. The van der Waals surface area contributed by atoms with Crippen molar-refractivity contribution in [1.29, 1.82) is 0 Å². The number of anilines is 2. The molecule has 0 fully saturated rings. The van der Waals surface area contributed by atoms with E-state index < -0.39 is 0 Å². The highest BCUT2D eigenvalue weighted by atomic mass is 16.5. The van der Waals surface area contributed by atoms with Crippen LogP contribution in [0.5, 0.6) is 5.75 Å². The molecule has 3 aromatic carbocycles. The average molecular weight is 412 g/mol. The monoisotopic (exact) mass is 412 g/mol. The Morgan fingerprint density at radius 2 is 1.55 bits per heavy atom. The molecule has 0 radical (unpaired) electrons. The Labute approximate surface area is 182 Å². The molecule has 0 bridgehead atoms. The van der Waals surface area contributed by atoms with Gasteiger partial charge < -0.3 is 10.1 Å². The highest BCUT2D eigenvalue weighted by molar-refractivity contribution is 6.46. The van der Waals surface area contributed by atoms with Crippen LogP contribution in [0.2, 0.25) is 0 Å². The molecule has 4 rings (SSSR count). The predicted molar refractivity (Wildman–Crippen MR) is 123 cm³/mol. The Morgan fingerprint density at radius 3 is 2.23 bits per heavy atom. The normalized spacial score (nSPS) is 13.7. The van der Waals surface area contributed by atoms with Crippen molar-refractivity contribution in [1.82, 2.24) is 0 Å². The highest BCUT2D eigenvalue weighted by Gasteiger charge is 2.40. The molecule has 0 spiro atoms. The van der Waals surface area contributed by atoms with Crippen molar-refractivity contribution in [3.63, 3.8) is 0 Å². The number of nitrogens with zero attached hydrogens (tertiary/aromatic N) is 1. The van der Waals surface area contributed by atoms with Gasteiger partial charge >= 0.3 is 0 Å². The van der Waals surface area contributed by atoms with E-state index in [1.54, 1.807) is 0 Å². The zero-order valence-electron chi connectivity index (χ0n) is 17.8. The van der Waals surface area contributed by atoms with Gasteiger partial charge in [-0.15, -0.1) is 0 Å². The third-order valence-electron chi connectivity index (χ3n) is 5.03.